The molecule has 5 nitrogen and oxygen atoms in total. The van der Waals surface area contributed by atoms with E-state index in [1.807, 2.05) is 6.07 Å². The van der Waals surface area contributed by atoms with Crippen molar-refractivity contribution in [3.63, 3.8) is 0 Å². The molecular weight excluding hydrogens is 322 g/mol. The topological polar surface area (TPSA) is 68.5 Å². The van der Waals surface area contributed by atoms with E-state index in [9.17, 15) is 8.42 Å². The van der Waals surface area contributed by atoms with Crippen molar-refractivity contribution in [2.24, 2.45) is 0 Å². The molecule has 0 amide bonds. The highest BCUT2D eigenvalue weighted by molar-refractivity contribution is 9.10. The van der Waals surface area contributed by atoms with Crippen molar-refractivity contribution in [3.05, 3.63) is 22.6 Å². The van der Waals surface area contributed by atoms with Crippen molar-refractivity contribution in [1.29, 1.82) is 0 Å². The molecule has 1 aromatic rings. The molecule has 2 rings (SSSR count). The number of sulfonamides is 1. The number of furan rings is 1. The fourth-order valence-corrected chi connectivity index (χ4v) is 3.96. The SMILES string of the molecule is C[C@@H]1OCC[C@H]1S(=O)(=O)NCCc1ccc(Br)o1. The summed E-state index contributed by atoms with van der Waals surface area (Å²) in [7, 11) is -3.30. The standard InChI is InChI=1S/C11H16BrNO4S/c1-8-10(5-7-16-8)18(14,15)13-6-4-9-2-3-11(12)17-9/h2-3,8,10,13H,4-7H2,1H3/t8-,10+/m0/s1. The van der Waals surface area contributed by atoms with E-state index in [1.54, 1.807) is 13.0 Å². The van der Waals surface area contributed by atoms with Gasteiger partial charge in [0.05, 0.1) is 6.10 Å². The van der Waals surface area contributed by atoms with Crippen LogP contribution < -0.4 is 4.72 Å². The van der Waals surface area contributed by atoms with Crippen LogP contribution in [0.25, 0.3) is 0 Å². The van der Waals surface area contributed by atoms with Crippen LogP contribution in [0.1, 0.15) is 19.1 Å². The zero-order valence-corrected chi connectivity index (χ0v) is 12.5. The Morgan fingerprint density at radius 1 is 1.50 bits per heavy atom. The molecule has 1 aromatic heterocycles. The van der Waals surface area contributed by atoms with Crippen LogP contribution in [0.3, 0.4) is 0 Å². The number of rotatable bonds is 5. The summed E-state index contributed by atoms with van der Waals surface area (Å²) in [4.78, 5) is 0. The summed E-state index contributed by atoms with van der Waals surface area (Å²) in [5.41, 5.74) is 0. The molecule has 2 heterocycles. The highest BCUT2D eigenvalue weighted by atomic mass is 79.9. The molecule has 0 bridgehead atoms. The molecule has 1 aliphatic heterocycles. The van der Waals surface area contributed by atoms with Crippen LogP contribution in [0.4, 0.5) is 0 Å². The summed E-state index contributed by atoms with van der Waals surface area (Å²) in [5, 5.41) is -0.444. The predicted molar refractivity (Wildman–Crippen MR) is 70.9 cm³/mol. The molecule has 1 aliphatic rings. The number of hydrogen-bond donors (Lipinski definition) is 1. The Morgan fingerprint density at radius 2 is 2.28 bits per heavy atom. The molecule has 1 saturated heterocycles. The lowest BCUT2D eigenvalue weighted by Crippen LogP contribution is -2.39. The Hall–Kier alpha value is -0.370. The Labute approximate surface area is 115 Å². The maximum atomic E-state index is 12.0. The molecule has 0 unspecified atom stereocenters. The van der Waals surface area contributed by atoms with Gasteiger partial charge in [0.2, 0.25) is 10.0 Å². The van der Waals surface area contributed by atoms with E-state index in [1.165, 1.54) is 0 Å². The molecule has 102 valence electrons. The first kappa shape index (κ1) is 14.0. The van der Waals surface area contributed by atoms with Crippen molar-refractivity contribution in [1.82, 2.24) is 4.72 Å². The molecule has 0 aliphatic carbocycles. The molecule has 1 fully saturated rings. The number of ether oxygens (including phenoxy) is 1. The van der Waals surface area contributed by atoms with E-state index in [-0.39, 0.29) is 6.10 Å². The van der Waals surface area contributed by atoms with Crippen LogP contribution in [0.5, 0.6) is 0 Å². The van der Waals surface area contributed by atoms with Crippen molar-refractivity contribution >= 4 is 26.0 Å². The van der Waals surface area contributed by atoms with Crippen molar-refractivity contribution < 1.29 is 17.6 Å². The highest BCUT2D eigenvalue weighted by Gasteiger charge is 2.35. The second-order valence-corrected chi connectivity index (χ2v) is 7.06. The predicted octanol–water partition coefficient (Wildman–Crippen LogP) is 1.68. The Kier molecular flexibility index (Phi) is 4.47. The maximum Gasteiger partial charge on any atom is 0.217 e. The first-order chi connectivity index (χ1) is 8.49. The largest absolute Gasteiger partial charge is 0.454 e. The van der Waals surface area contributed by atoms with E-state index < -0.39 is 15.3 Å². The van der Waals surface area contributed by atoms with Gasteiger partial charge in [0, 0.05) is 19.6 Å². The second kappa shape index (κ2) is 5.73. The van der Waals surface area contributed by atoms with Gasteiger partial charge in [0.15, 0.2) is 4.67 Å². The third-order valence-corrected chi connectivity index (χ3v) is 5.46. The molecule has 0 spiro atoms. The lowest BCUT2D eigenvalue weighted by molar-refractivity contribution is 0.126. The first-order valence-corrected chi connectivity index (χ1v) is 8.17. The fraction of sp³-hybridized carbons (Fsp3) is 0.636. The summed E-state index contributed by atoms with van der Waals surface area (Å²) >= 11 is 3.20. The quantitative estimate of drug-likeness (QED) is 0.887. The lowest BCUT2D eigenvalue weighted by Gasteiger charge is -2.15. The zero-order valence-electron chi connectivity index (χ0n) is 10.1. The molecule has 0 radical (unpaired) electrons. The van der Waals surface area contributed by atoms with Gasteiger partial charge in [-0.15, -0.1) is 0 Å². The number of nitrogens with one attached hydrogen (secondary N) is 1. The Bertz CT molecular complexity index is 499. The van der Waals surface area contributed by atoms with Gasteiger partial charge in [-0.25, -0.2) is 13.1 Å². The van der Waals surface area contributed by atoms with E-state index in [4.69, 9.17) is 9.15 Å². The normalized spacial score (nSPS) is 24.6. The maximum absolute atomic E-state index is 12.0. The number of halogens is 1. The van der Waals surface area contributed by atoms with Crippen LogP contribution in [-0.4, -0.2) is 32.9 Å². The molecule has 18 heavy (non-hydrogen) atoms. The molecule has 7 heteroatoms. The third-order valence-electron chi connectivity index (χ3n) is 3.01. The summed E-state index contributed by atoms with van der Waals surface area (Å²) in [6.45, 7) is 2.64. The third kappa shape index (κ3) is 3.34. The van der Waals surface area contributed by atoms with Gasteiger partial charge in [-0.1, -0.05) is 0 Å². The van der Waals surface area contributed by atoms with Gasteiger partial charge in [-0.05, 0) is 41.4 Å². The minimum atomic E-state index is -3.30. The van der Waals surface area contributed by atoms with E-state index in [0.29, 0.717) is 30.7 Å². The highest BCUT2D eigenvalue weighted by Crippen LogP contribution is 2.20. The van der Waals surface area contributed by atoms with Gasteiger partial charge in [-0.2, -0.15) is 0 Å². The average molecular weight is 338 g/mol. The van der Waals surface area contributed by atoms with Gasteiger partial charge >= 0.3 is 0 Å². The van der Waals surface area contributed by atoms with Crippen molar-refractivity contribution in [2.75, 3.05) is 13.2 Å². The molecule has 1 N–H and O–H groups in total. The molecule has 0 aromatic carbocycles. The van der Waals surface area contributed by atoms with Crippen molar-refractivity contribution in [2.45, 2.75) is 31.1 Å². The summed E-state index contributed by atoms with van der Waals surface area (Å²) in [5.74, 6) is 0.750. The van der Waals surface area contributed by atoms with Crippen LogP contribution in [0, 0.1) is 0 Å². The zero-order chi connectivity index (χ0) is 13.2. The van der Waals surface area contributed by atoms with Crippen LogP contribution in [0.2, 0.25) is 0 Å². The van der Waals surface area contributed by atoms with E-state index in [0.717, 1.165) is 5.76 Å². The first-order valence-electron chi connectivity index (χ1n) is 5.83. The van der Waals surface area contributed by atoms with Crippen molar-refractivity contribution in [3.8, 4) is 0 Å². The summed E-state index contributed by atoms with van der Waals surface area (Å²) < 4.78 is 37.9. The second-order valence-electron chi connectivity index (χ2n) is 4.30. The minimum Gasteiger partial charge on any atom is -0.454 e. The van der Waals surface area contributed by atoms with E-state index >= 15 is 0 Å². The fourth-order valence-electron chi connectivity index (χ4n) is 2.03. The van der Waals surface area contributed by atoms with Gasteiger partial charge in [0.25, 0.3) is 0 Å². The smallest absolute Gasteiger partial charge is 0.217 e. The molecule has 0 saturated carbocycles. The molecular formula is C11H16BrNO4S. The lowest BCUT2D eigenvalue weighted by atomic mass is 10.3. The van der Waals surface area contributed by atoms with Gasteiger partial charge in [-0.3, -0.25) is 0 Å². The van der Waals surface area contributed by atoms with Crippen LogP contribution in [0.15, 0.2) is 21.2 Å². The van der Waals surface area contributed by atoms with Crippen LogP contribution in [-0.2, 0) is 21.2 Å². The molecule has 2 atom stereocenters. The summed E-state index contributed by atoms with van der Waals surface area (Å²) in [6, 6.07) is 3.61. The van der Waals surface area contributed by atoms with Gasteiger partial charge in [0.1, 0.15) is 11.0 Å². The summed E-state index contributed by atoms with van der Waals surface area (Å²) in [6.07, 6.45) is 0.857. The Morgan fingerprint density at radius 3 is 2.83 bits per heavy atom. The van der Waals surface area contributed by atoms with Crippen LogP contribution >= 0.6 is 15.9 Å². The Balaban J connectivity index is 1.85. The minimum absolute atomic E-state index is 0.236. The number of hydrogen-bond acceptors (Lipinski definition) is 4. The van der Waals surface area contributed by atoms with E-state index in [2.05, 4.69) is 20.7 Å². The van der Waals surface area contributed by atoms with Gasteiger partial charge < -0.3 is 9.15 Å². The monoisotopic (exact) mass is 337 g/mol. The average Bonchev–Trinajstić information content (AvgIpc) is 2.87.